The molecule has 108 valence electrons. The number of aryl methyl sites for hydroxylation is 2. The van der Waals surface area contributed by atoms with Crippen LogP contribution in [-0.2, 0) is 13.1 Å². The van der Waals surface area contributed by atoms with Crippen molar-refractivity contribution in [3.8, 4) is 0 Å². The maximum absolute atomic E-state index is 10.5. The number of carboxylic acid groups (broad SMARTS) is 1. The SMILES string of the molecule is Cc1nc(NC(=O)O)sc1CNCCCn1ccnc1. The molecule has 0 aliphatic carbocycles. The van der Waals surface area contributed by atoms with Gasteiger partial charge in [0.2, 0.25) is 0 Å². The lowest BCUT2D eigenvalue weighted by Gasteiger charge is -2.04. The zero-order valence-corrected chi connectivity index (χ0v) is 12.0. The second kappa shape index (κ2) is 7.01. The van der Waals surface area contributed by atoms with Gasteiger partial charge in [0.25, 0.3) is 0 Å². The van der Waals surface area contributed by atoms with Crippen molar-refractivity contribution >= 4 is 22.6 Å². The number of nitrogens with zero attached hydrogens (tertiary/aromatic N) is 3. The van der Waals surface area contributed by atoms with Crippen molar-refractivity contribution < 1.29 is 9.90 Å². The van der Waals surface area contributed by atoms with E-state index < -0.39 is 6.09 Å². The first-order chi connectivity index (χ1) is 9.65. The molecule has 0 aliphatic heterocycles. The van der Waals surface area contributed by atoms with Crippen LogP contribution in [0.1, 0.15) is 17.0 Å². The standard InChI is InChI=1S/C12H17N5O2S/c1-9-10(20-11(15-9)16-12(18)19)7-13-3-2-5-17-6-4-14-8-17/h4,6,8,13H,2-3,5,7H2,1H3,(H,15,16)(H,18,19). The third kappa shape index (κ3) is 4.32. The van der Waals surface area contributed by atoms with Gasteiger partial charge >= 0.3 is 6.09 Å². The average Bonchev–Trinajstić information content (AvgIpc) is 2.99. The molecule has 0 bridgehead atoms. The van der Waals surface area contributed by atoms with E-state index in [4.69, 9.17) is 5.11 Å². The molecule has 20 heavy (non-hydrogen) atoms. The van der Waals surface area contributed by atoms with Crippen molar-refractivity contribution in [2.75, 3.05) is 11.9 Å². The van der Waals surface area contributed by atoms with Gasteiger partial charge in [-0.3, -0.25) is 5.32 Å². The smallest absolute Gasteiger partial charge is 0.410 e. The molecule has 3 N–H and O–H groups in total. The number of anilines is 1. The Morgan fingerprint density at radius 2 is 2.40 bits per heavy atom. The molecule has 7 nitrogen and oxygen atoms in total. The summed E-state index contributed by atoms with van der Waals surface area (Å²) in [5.74, 6) is 0. The van der Waals surface area contributed by atoms with Crippen LogP contribution in [0.15, 0.2) is 18.7 Å². The van der Waals surface area contributed by atoms with E-state index in [0.717, 1.165) is 30.1 Å². The van der Waals surface area contributed by atoms with E-state index in [2.05, 4.69) is 20.6 Å². The molecular formula is C12H17N5O2S. The number of carbonyl (C=O) groups is 1. The van der Waals surface area contributed by atoms with Gasteiger partial charge in [0.15, 0.2) is 5.13 Å². The molecule has 0 spiro atoms. The minimum Gasteiger partial charge on any atom is -0.465 e. The van der Waals surface area contributed by atoms with Crippen LogP contribution in [0.5, 0.6) is 0 Å². The molecule has 0 aliphatic rings. The molecule has 8 heteroatoms. The lowest BCUT2D eigenvalue weighted by Crippen LogP contribution is -2.16. The van der Waals surface area contributed by atoms with Crippen molar-refractivity contribution in [3.63, 3.8) is 0 Å². The highest BCUT2D eigenvalue weighted by atomic mass is 32.1. The number of nitrogens with one attached hydrogen (secondary N) is 2. The first-order valence-corrected chi connectivity index (χ1v) is 7.09. The fourth-order valence-corrected chi connectivity index (χ4v) is 2.67. The van der Waals surface area contributed by atoms with Crippen molar-refractivity contribution in [1.29, 1.82) is 0 Å². The minimum atomic E-state index is -1.08. The predicted octanol–water partition coefficient (Wildman–Crippen LogP) is 1.92. The van der Waals surface area contributed by atoms with Crippen LogP contribution < -0.4 is 10.6 Å². The van der Waals surface area contributed by atoms with E-state index in [1.165, 1.54) is 11.3 Å². The number of thiazole rings is 1. The minimum absolute atomic E-state index is 0.421. The maximum Gasteiger partial charge on any atom is 0.410 e. The van der Waals surface area contributed by atoms with Crippen molar-refractivity contribution in [2.24, 2.45) is 0 Å². The summed E-state index contributed by atoms with van der Waals surface area (Å²) in [5.41, 5.74) is 0.862. The van der Waals surface area contributed by atoms with Gasteiger partial charge < -0.3 is 15.0 Å². The predicted molar refractivity (Wildman–Crippen MR) is 77.0 cm³/mol. The molecule has 0 radical (unpaired) electrons. The van der Waals surface area contributed by atoms with Gasteiger partial charge in [-0.15, -0.1) is 0 Å². The molecule has 0 unspecified atom stereocenters. The molecule has 1 amide bonds. The third-order valence-electron chi connectivity index (χ3n) is 2.72. The Hall–Kier alpha value is -1.93. The Labute approximate surface area is 120 Å². The third-order valence-corrected chi connectivity index (χ3v) is 3.79. The summed E-state index contributed by atoms with van der Waals surface area (Å²) >= 11 is 1.36. The van der Waals surface area contributed by atoms with E-state index in [1.54, 1.807) is 12.5 Å². The largest absolute Gasteiger partial charge is 0.465 e. The van der Waals surface area contributed by atoms with Gasteiger partial charge in [0.05, 0.1) is 12.0 Å². The Kier molecular flexibility index (Phi) is 5.08. The zero-order valence-electron chi connectivity index (χ0n) is 11.2. The summed E-state index contributed by atoms with van der Waals surface area (Å²) in [5, 5.41) is 14.7. The molecule has 0 saturated carbocycles. The Bertz CT molecular complexity index is 552. The normalized spacial score (nSPS) is 10.7. The Balaban J connectivity index is 1.71. The number of hydrogen-bond acceptors (Lipinski definition) is 5. The number of imidazole rings is 1. The Morgan fingerprint density at radius 1 is 1.55 bits per heavy atom. The van der Waals surface area contributed by atoms with Gasteiger partial charge in [-0.05, 0) is 19.9 Å². The summed E-state index contributed by atoms with van der Waals surface area (Å²) < 4.78 is 2.04. The van der Waals surface area contributed by atoms with Gasteiger partial charge in [-0.2, -0.15) is 0 Å². The monoisotopic (exact) mass is 295 g/mol. The Morgan fingerprint density at radius 3 is 3.10 bits per heavy atom. The average molecular weight is 295 g/mol. The summed E-state index contributed by atoms with van der Waals surface area (Å²) in [7, 11) is 0. The van der Waals surface area contributed by atoms with Gasteiger partial charge in [-0.25, -0.2) is 14.8 Å². The molecule has 0 atom stereocenters. The van der Waals surface area contributed by atoms with E-state index in [0.29, 0.717) is 11.7 Å². The first kappa shape index (κ1) is 14.5. The highest BCUT2D eigenvalue weighted by Crippen LogP contribution is 2.22. The lowest BCUT2D eigenvalue weighted by atomic mass is 10.3. The van der Waals surface area contributed by atoms with Crippen LogP contribution in [0.4, 0.5) is 9.93 Å². The van der Waals surface area contributed by atoms with Crippen molar-refractivity contribution in [1.82, 2.24) is 19.9 Å². The van der Waals surface area contributed by atoms with Crippen LogP contribution in [0.3, 0.4) is 0 Å². The summed E-state index contributed by atoms with van der Waals surface area (Å²) in [6, 6.07) is 0. The molecule has 2 aromatic heterocycles. The fourth-order valence-electron chi connectivity index (χ4n) is 1.74. The van der Waals surface area contributed by atoms with E-state index in [9.17, 15) is 4.79 Å². The molecule has 2 heterocycles. The summed E-state index contributed by atoms with van der Waals surface area (Å²) in [6.45, 7) is 4.40. The summed E-state index contributed by atoms with van der Waals surface area (Å²) in [4.78, 5) is 19.7. The molecule has 2 aromatic rings. The van der Waals surface area contributed by atoms with Crippen LogP contribution >= 0.6 is 11.3 Å². The quantitative estimate of drug-likeness (QED) is 0.679. The first-order valence-electron chi connectivity index (χ1n) is 6.28. The zero-order chi connectivity index (χ0) is 14.4. The van der Waals surface area contributed by atoms with Gasteiger partial charge in [0, 0.05) is 30.4 Å². The van der Waals surface area contributed by atoms with Crippen molar-refractivity contribution in [3.05, 3.63) is 29.3 Å². The summed E-state index contributed by atoms with van der Waals surface area (Å²) in [6.07, 6.45) is 5.44. The highest BCUT2D eigenvalue weighted by Gasteiger charge is 2.08. The van der Waals surface area contributed by atoms with Gasteiger partial charge in [-0.1, -0.05) is 11.3 Å². The number of amides is 1. The molecule has 0 fully saturated rings. The second-order valence-corrected chi connectivity index (χ2v) is 5.37. The highest BCUT2D eigenvalue weighted by molar-refractivity contribution is 7.15. The van der Waals surface area contributed by atoms with Crippen LogP contribution in [0, 0.1) is 6.92 Å². The van der Waals surface area contributed by atoms with Gasteiger partial charge in [0.1, 0.15) is 0 Å². The van der Waals surface area contributed by atoms with Crippen molar-refractivity contribution in [2.45, 2.75) is 26.4 Å². The number of rotatable bonds is 7. The van der Waals surface area contributed by atoms with E-state index in [1.807, 2.05) is 17.7 Å². The van der Waals surface area contributed by atoms with E-state index >= 15 is 0 Å². The topological polar surface area (TPSA) is 92.1 Å². The van der Waals surface area contributed by atoms with Crippen LogP contribution in [0.2, 0.25) is 0 Å². The second-order valence-electron chi connectivity index (χ2n) is 4.29. The molecule has 2 rings (SSSR count). The van der Waals surface area contributed by atoms with Crippen LogP contribution in [0.25, 0.3) is 0 Å². The number of hydrogen-bond donors (Lipinski definition) is 3. The lowest BCUT2D eigenvalue weighted by molar-refractivity contribution is 0.209. The number of aromatic nitrogens is 3. The van der Waals surface area contributed by atoms with E-state index in [-0.39, 0.29) is 0 Å². The molecular weight excluding hydrogens is 278 g/mol. The molecule has 0 saturated heterocycles. The fraction of sp³-hybridized carbons (Fsp3) is 0.417. The molecule has 0 aromatic carbocycles. The maximum atomic E-state index is 10.5. The van der Waals surface area contributed by atoms with Crippen LogP contribution in [-0.4, -0.2) is 32.3 Å².